The minimum atomic E-state index is -0.332. The Balaban J connectivity index is 1.90. The average Bonchev–Trinajstić information content (AvgIpc) is 2.64. The normalized spacial score (nSPS) is 17.2. The molecule has 1 N–H and O–H groups in total. The van der Waals surface area contributed by atoms with Gasteiger partial charge in [-0.3, -0.25) is 0 Å². The third-order valence-electron chi connectivity index (χ3n) is 3.79. The van der Waals surface area contributed by atoms with E-state index in [4.69, 9.17) is 9.15 Å². The summed E-state index contributed by atoms with van der Waals surface area (Å²) in [5, 5.41) is 3.53. The van der Waals surface area contributed by atoms with Gasteiger partial charge in [0.05, 0.1) is 13.7 Å². The molecule has 0 amide bonds. The van der Waals surface area contributed by atoms with Gasteiger partial charge in [-0.25, -0.2) is 4.79 Å². The monoisotopic (exact) mass is 265 g/mol. The van der Waals surface area contributed by atoms with E-state index in [2.05, 4.69) is 5.32 Å². The lowest BCUT2D eigenvalue weighted by atomic mass is 10.1. The van der Waals surface area contributed by atoms with Crippen LogP contribution in [0.5, 0.6) is 0 Å². The summed E-state index contributed by atoms with van der Waals surface area (Å²) >= 11 is 0. The van der Waals surface area contributed by atoms with Gasteiger partial charge in [0.15, 0.2) is 0 Å². The van der Waals surface area contributed by atoms with E-state index in [9.17, 15) is 4.79 Å². The fourth-order valence-corrected chi connectivity index (χ4v) is 2.67. The first-order valence-electron chi connectivity index (χ1n) is 7.11. The summed E-state index contributed by atoms with van der Waals surface area (Å²) in [6, 6.07) is 2.36. The first-order valence-corrected chi connectivity index (χ1v) is 7.11. The van der Waals surface area contributed by atoms with Gasteiger partial charge >= 0.3 is 5.97 Å². The Morgan fingerprint density at radius 1 is 1.37 bits per heavy atom. The number of esters is 1. The fourth-order valence-electron chi connectivity index (χ4n) is 2.67. The number of hydrogen-bond acceptors (Lipinski definition) is 4. The lowest BCUT2D eigenvalue weighted by Gasteiger charge is -2.14. The van der Waals surface area contributed by atoms with E-state index in [0.29, 0.717) is 23.9 Å². The molecule has 1 heterocycles. The molecule has 0 aromatic carbocycles. The molecule has 1 aromatic rings. The van der Waals surface area contributed by atoms with Gasteiger partial charge in [-0.15, -0.1) is 0 Å². The highest BCUT2D eigenvalue weighted by molar-refractivity contribution is 5.90. The summed E-state index contributed by atoms with van der Waals surface area (Å²) in [7, 11) is 1.39. The molecule has 0 aliphatic heterocycles. The average molecular weight is 265 g/mol. The zero-order valence-electron chi connectivity index (χ0n) is 11.8. The molecule has 4 nitrogen and oxygen atoms in total. The summed E-state index contributed by atoms with van der Waals surface area (Å²) in [5.41, 5.74) is 0.528. The van der Waals surface area contributed by atoms with Crippen molar-refractivity contribution in [1.82, 2.24) is 5.32 Å². The Hall–Kier alpha value is -1.29. The van der Waals surface area contributed by atoms with Crippen LogP contribution in [0.3, 0.4) is 0 Å². The molecule has 1 aromatic heterocycles. The first kappa shape index (κ1) is 14.1. The maximum atomic E-state index is 11.5. The van der Waals surface area contributed by atoms with Crippen molar-refractivity contribution in [2.45, 2.75) is 58.0 Å². The van der Waals surface area contributed by atoms with E-state index in [1.165, 1.54) is 45.6 Å². The molecular formula is C15H23NO3. The van der Waals surface area contributed by atoms with E-state index in [0.717, 1.165) is 5.76 Å². The minimum absolute atomic E-state index is 0.332. The Morgan fingerprint density at radius 3 is 2.68 bits per heavy atom. The van der Waals surface area contributed by atoms with Gasteiger partial charge in [0.2, 0.25) is 0 Å². The summed E-state index contributed by atoms with van der Waals surface area (Å²) in [4.78, 5) is 11.5. The van der Waals surface area contributed by atoms with Gasteiger partial charge in [-0.2, -0.15) is 0 Å². The molecule has 2 rings (SSSR count). The molecule has 1 aliphatic rings. The second-order valence-electron chi connectivity index (χ2n) is 5.24. The van der Waals surface area contributed by atoms with Crippen LogP contribution < -0.4 is 5.32 Å². The highest BCUT2D eigenvalue weighted by Crippen LogP contribution is 2.19. The second kappa shape index (κ2) is 6.75. The number of nitrogens with one attached hydrogen (secondary N) is 1. The van der Waals surface area contributed by atoms with Crippen LogP contribution in [0.25, 0.3) is 0 Å². The molecule has 19 heavy (non-hydrogen) atoms. The predicted octanol–water partition coefficient (Wildman–Crippen LogP) is 3.19. The largest absolute Gasteiger partial charge is 0.465 e. The standard InChI is InChI=1S/C15H23NO3/c1-11-14(15(17)18-2)9-13(19-11)10-16-12-7-5-3-4-6-8-12/h9,12,16H,3-8,10H2,1-2H3. The zero-order chi connectivity index (χ0) is 13.7. The van der Waals surface area contributed by atoms with Crippen LogP contribution in [-0.2, 0) is 11.3 Å². The first-order chi connectivity index (χ1) is 9.20. The molecular weight excluding hydrogens is 242 g/mol. The van der Waals surface area contributed by atoms with Crippen LogP contribution in [0, 0.1) is 6.92 Å². The van der Waals surface area contributed by atoms with Gasteiger partial charge in [0.1, 0.15) is 17.1 Å². The topological polar surface area (TPSA) is 51.5 Å². The highest BCUT2D eigenvalue weighted by atomic mass is 16.5. The zero-order valence-corrected chi connectivity index (χ0v) is 11.8. The number of carbonyl (C=O) groups excluding carboxylic acids is 1. The highest BCUT2D eigenvalue weighted by Gasteiger charge is 2.16. The van der Waals surface area contributed by atoms with Crippen molar-refractivity contribution in [2.24, 2.45) is 0 Å². The molecule has 0 saturated heterocycles. The summed E-state index contributed by atoms with van der Waals surface area (Å²) in [6.45, 7) is 2.48. The SMILES string of the molecule is COC(=O)c1cc(CNC2CCCCCC2)oc1C. The lowest BCUT2D eigenvalue weighted by Crippen LogP contribution is -2.27. The molecule has 0 spiro atoms. The number of rotatable bonds is 4. The van der Waals surface area contributed by atoms with E-state index in [-0.39, 0.29) is 5.97 Å². The second-order valence-corrected chi connectivity index (χ2v) is 5.24. The number of hydrogen-bond donors (Lipinski definition) is 1. The van der Waals surface area contributed by atoms with E-state index >= 15 is 0 Å². The molecule has 1 fully saturated rings. The molecule has 1 aliphatic carbocycles. The van der Waals surface area contributed by atoms with Crippen molar-refractivity contribution in [1.29, 1.82) is 0 Å². The number of furan rings is 1. The van der Waals surface area contributed by atoms with E-state index in [1.807, 2.05) is 0 Å². The van der Waals surface area contributed by atoms with E-state index in [1.54, 1.807) is 13.0 Å². The van der Waals surface area contributed by atoms with Crippen molar-refractivity contribution >= 4 is 5.97 Å². The van der Waals surface area contributed by atoms with Crippen LogP contribution in [0.4, 0.5) is 0 Å². The van der Waals surface area contributed by atoms with Gasteiger partial charge in [-0.1, -0.05) is 25.7 Å². The Morgan fingerprint density at radius 2 is 2.05 bits per heavy atom. The molecule has 0 atom stereocenters. The Kier molecular flexibility index (Phi) is 5.02. The Bertz CT molecular complexity index is 417. The predicted molar refractivity (Wildman–Crippen MR) is 73.1 cm³/mol. The molecule has 106 valence electrons. The Labute approximate surface area is 114 Å². The number of carbonyl (C=O) groups is 1. The molecule has 4 heteroatoms. The maximum Gasteiger partial charge on any atom is 0.341 e. The van der Waals surface area contributed by atoms with Crippen LogP contribution in [-0.4, -0.2) is 19.1 Å². The summed E-state index contributed by atoms with van der Waals surface area (Å²) in [5.74, 6) is 1.11. The summed E-state index contributed by atoms with van der Waals surface area (Å²) < 4.78 is 10.3. The number of methoxy groups -OCH3 is 1. The van der Waals surface area contributed by atoms with Crippen molar-refractivity contribution in [2.75, 3.05) is 7.11 Å². The number of ether oxygens (including phenoxy) is 1. The minimum Gasteiger partial charge on any atom is -0.465 e. The van der Waals surface area contributed by atoms with Crippen LogP contribution in [0.15, 0.2) is 10.5 Å². The maximum absolute atomic E-state index is 11.5. The summed E-state index contributed by atoms with van der Waals surface area (Å²) in [6.07, 6.45) is 7.80. The van der Waals surface area contributed by atoms with Crippen molar-refractivity contribution < 1.29 is 13.9 Å². The van der Waals surface area contributed by atoms with Crippen molar-refractivity contribution in [3.8, 4) is 0 Å². The van der Waals surface area contributed by atoms with Gasteiger partial charge < -0.3 is 14.5 Å². The van der Waals surface area contributed by atoms with Gasteiger partial charge in [-0.05, 0) is 25.8 Å². The third-order valence-corrected chi connectivity index (χ3v) is 3.79. The number of aryl methyl sites for hydroxylation is 1. The van der Waals surface area contributed by atoms with Gasteiger partial charge in [0.25, 0.3) is 0 Å². The van der Waals surface area contributed by atoms with Crippen LogP contribution in [0.2, 0.25) is 0 Å². The molecule has 0 bridgehead atoms. The quantitative estimate of drug-likeness (QED) is 0.671. The molecule has 0 radical (unpaired) electrons. The molecule has 1 saturated carbocycles. The van der Waals surface area contributed by atoms with Gasteiger partial charge in [0, 0.05) is 6.04 Å². The lowest BCUT2D eigenvalue weighted by molar-refractivity contribution is 0.0599. The van der Waals surface area contributed by atoms with E-state index < -0.39 is 0 Å². The third kappa shape index (κ3) is 3.83. The van der Waals surface area contributed by atoms with Crippen molar-refractivity contribution in [3.05, 3.63) is 23.2 Å². The van der Waals surface area contributed by atoms with Crippen molar-refractivity contribution in [3.63, 3.8) is 0 Å². The van der Waals surface area contributed by atoms with Crippen LogP contribution >= 0.6 is 0 Å². The van der Waals surface area contributed by atoms with Crippen LogP contribution in [0.1, 0.15) is 60.4 Å². The molecule has 0 unspecified atom stereocenters. The fraction of sp³-hybridized carbons (Fsp3) is 0.667. The smallest absolute Gasteiger partial charge is 0.341 e.